The first-order chi connectivity index (χ1) is 12.9. The summed E-state index contributed by atoms with van der Waals surface area (Å²) in [5.41, 5.74) is 2.20. The fraction of sp³-hybridized carbons (Fsp3) is 0.286. The minimum atomic E-state index is -0.349. The summed E-state index contributed by atoms with van der Waals surface area (Å²) in [5.74, 6) is -1.14. The fourth-order valence-electron chi connectivity index (χ4n) is 3.16. The van der Waals surface area contributed by atoms with Crippen LogP contribution in [0.4, 0.5) is 4.39 Å². The number of halogens is 1. The minimum absolute atomic E-state index is 0.161. The number of rotatable bonds is 6. The number of aryl methyl sites for hydroxylation is 1. The summed E-state index contributed by atoms with van der Waals surface area (Å²) in [7, 11) is 1.61. The van der Waals surface area contributed by atoms with Crippen LogP contribution in [0, 0.1) is 12.7 Å². The number of carbonyl (C=O) groups excluding carboxylic acids is 3. The van der Waals surface area contributed by atoms with Crippen LogP contribution in [0.25, 0.3) is 0 Å². The molecule has 0 aromatic heterocycles. The zero-order valence-corrected chi connectivity index (χ0v) is 15.4. The van der Waals surface area contributed by atoms with Gasteiger partial charge >= 0.3 is 0 Å². The molecule has 1 heterocycles. The molecule has 0 atom stereocenters. The Morgan fingerprint density at radius 1 is 1.07 bits per heavy atom. The smallest absolute Gasteiger partial charge is 0.261 e. The summed E-state index contributed by atoms with van der Waals surface area (Å²) in [6.45, 7) is 2.23. The normalized spacial score (nSPS) is 13.1. The monoisotopic (exact) mass is 368 g/mol. The molecule has 140 valence electrons. The van der Waals surface area contributed by atoms with E-state index >= 15 is 0 Å². The first kappa shape index (κ1) is 18.8. The summed E-state index contributed by atoms with van der Waals surface area (Å²) in [6, 6.07) is 11.5. The Balaban J connectivity index is 1.54. The van der Waals surface area contributed by atoms with Gasteiger partial charge in [0.05, 0.1) is 11.1 Å². The molecule has 0 unspecified atom stereocenters. The van der Waals surface area contributed by atoms with Gasteiger partial charge in [0.25, 0.3) is 11.8 Å². The molecule has 27 heavy (non-hydrogen) atoms. The van der Waals surface area contributed by atoms with Crippen molar-refractivity contribution >= 4 is 17.7 Å². The molecule has 0 radical (unpaired) electrons. The topological polar surface area (TPSA) is 57.7 Å². The number of hydrogen-bond donors (Lipinski definition) is 0. The van der Waals surface area contributed by atoms with Gasteiger partial charge in [-0.2, -0.15) is 0 Å². The van der Waals surface area contributed by atoms with E-state index < -0.39 is 0 Å². The second-order valence-corrected chi connectivity index (χ2v) is 6.76. The minimum Gasteiger partial charge on any atom is -0.341 e. The zero-order valence-electron chi connectivity index (χ0n) is 15.4. The van der Waals surface area contributed by atoms with Crippen LogP contribution in [-0.4, -0.2) is 41.1 Å². The van der Waals surface area contributed by atoms with Gasteiger partial charge in [-0.1, -0.05) is 29.8 Å². The van der Waals surface area contributed by atoms with E-state index in [1.807, 2.05) is 6.92 Å². The highest BCUT2D eigenvalue weighted by atomic mass is 19.1. The summed E-state index contributed by atoms with van der Waals surface area (Å²) in [5, 5.41) is 0. The molecule has 0 bridgehead atoms. The predicted octanol–water partition coefficient (Wildman–Crippen LogP) is 3.17. The first-order valence-corrected chi connectivity index (χ1v) is 8.82. The third-order valence-electron chi connectivity index (χ3n) is 4.69. The van der Waals surface area contributed by atoms with Crippen molar-refractivity contribution in [3.63, 3.8) is 0 Å². The Kier molecular flexibility index (Phi) is 5.35. The number of nitrogens with zero attached hydrogens (tertiary/aromatic N) is 2. The maximum Gasteiger partial charge on any atom is 0.261 e. The zero-order chi connectivity index (χ0) is 19.6. The lowest BCUT2D eigenvalue weighted by atomic mass is 10.1. The van der Waals surface area contributed by atoms with E-state index in [0.717, 1.165) is 5.56 Å². The molecular weight excluding hydrogens is 347 g/mol. The summed E-state index contributed by atoms with van der Waals surface area (Å²) in [6.07, 6.45) is 0.544. The van der Waals surface area contributed by atoms with Crippen LogP contribution in [0.2, 0.25) is 0 Å². The number of imide groups is 1. The van der Waals surface area contributed by atoms with Gasteiger partial charge in [-0.15, -0.1) is 0 Å². The van der Waals surface area contributed by atoms with Crippen LogP contribution in [-0.2, 0) is 11.3 Å². The van der Waals surface area contributed by atoms with Gasteiger partial charge in [0.15, 0.2) is 0 Å². The van der Waals surface area contributed by atoms with Gasteiger partial charge in [-0.05, 0) is 31.5 Å². The van der Waals surface area contributed by atoms with Crippen LogP contribution in [0.15, 0.2) is 42.5 Å². The van der Waals surface area contributed by atoms with E-state index in [4.69, 9.17) is 0 Å². The Hall–Kier alpha value is -3.02. The largest absolute Gasteiger partial charge is 0.341 e. The molecular formula is C21H21FN2O3. The van der Waals surface area contributed by atoms with Crippen molar-refractivity contribution in [1.82, 2.24) is 9.80 Å². The number of carbonyl (C=O) groups is 3. The molecule has 1 aliphatic rings. The lowest BCUT2D eigenvalue weighted by Crippen LogP contribution is -2.32. The summed E-state index contributed by atoms with van der Waals surface area (Å²) in [4.78, 5) is 39.7. The molecule has 0 spiro atoms. The molecule has 3 rings (SSSR count). The predicted molar refractivity (Wildman–Crippen MR) is 98.7 cm³/mol. The maximum atomic E-state index is 13.7. The Bertz CT molecular complexity index is 910. The quantitative estimate of drug-likeness (QED) is 0.736. The number of benzene rings is 2. The van der Waals surface area contributed by atoms with Crippen molar-refractivity contribution < 1.29 is 18.8 Å². The summed E-state index contributed by atoms with van der Waals surface area (Å²) >= 11 is 0. The van der Waals surface area contributed by atoms with Crippen LogP contribution in [0.5, 0.6) is 0 Å². The van der Waals surface area contributed by atoms with E-state index in [9.17, 15) is 18.8 Å². The maximum absolute atomic E-state index is 13.7. The number of hydrogen-bond acceptors (Lipinski definition) is 3. The highest BCUT2D eigenvalue weighted by molar-refractivity contribution is 6.21. The lowest BCUT2D eigenvalue weighted by Gasteiger charge is -2.19. The highest BCUT2D eigenvalue weighted by Crippen LogP contribution is 2.24. The molecule has 0 saturated carbocycles. The highest BCUT2D eigenvalue weighted by Gasteiger charge is 2.35. The fourth-order valence-corrected chi connectivity index (χ4v) is 3.16. The SMILES string of the molecule is Cc1ccc2c(c1)C(=O)N(CCCC(=O)N(C)Cc1ccccc1F)C2=O. The molecule has 6 heteroatoms. The standard InChI is InChI=1S/C21H21FN2O3/c1-14-9-10-16-17(12-14)21(27)24(20(16)26)11-5-8-19(25)23(2)13-15-6-3-4-7-18(15)22/h3-4,6-7,9-10,12H,5,8,11,13H2,1-2H3. The molecule has 5 nitrogen and oxygen atoms in total. The van der Waals surface area contributed by atoms with Gasteiger partial charge in [0, 0.05) is 32.1 Å². The average Bonchev–Trinajstić information content (AvgIpc) is 2.87. The Morgan fingerprint density at radius 2 is 1.78 bits per heavy atom. The van der Waals surface area contributed by atoms with E-state index in [1.54, 1.807) is 43.4 Å². The second-order valence-electron chi connectivity index (χ2n) is 6.76. The molecule has 3 amide bonds. The Labute approximate surface area is 157 Å². The molecule has 0 N–H and O–H groups in total. The van der Waals surface area contributed by atoms with Crippen LogP contribution in [0.3, 0.4) is 0 Å². The van der Waals surface area contributed by atoms with Gasteiger partial charge < -0.3 is 4.90 Å². The number of amides is 3. The van der Waals surface area contributed by atoms with Crippen molar-refractivity contribution in [2.75, 3.05) is 13.6 Å². The molecule has 0 fully saturated rings. The van der Waals surface area contributed by atoms with E-state index in [-0.39, 0.29) is 43.0 Å². The van der Waals surface area contributed by atoms with Crippen molar-refractivity contribution in [1.29, 1.82) is 0 Å². The molecule has 2 aromatic carbocycles. The molecule has 0 saturated heterocycles. The average molecular weight is 368 g/mol. The lowest BCUT2D eigenvalue weighted by molar-refractivity contribution is -0.130. The molecule has 2 aromatic rings. The van der Waals surface area contributed by atoms with Crippen LogP contribution >= 0.6 is 0 Å². The van der Waals surface area contributed by atoms with Crippen molar-refractivity contribution in [3.8, 4) is 0 Å². The van der Waals surface area contributed by atoms with Crippen LogP contribution in [0.1, 0.15) is 44.7 Å². The Morgan fingerprint density at radius 3 is 2.52 bits per heavy atom. The molecule has 0 aliphatic carbocycles. The number of fused-ring (bicyclic) bond motifs is 1. The van der Waals surface area contributed by atoms with E-state index in [2.05, 4.69) is 0 Å². The van der Waals surface area contributed by atoms with E-state index in [1.165, 1.54) is 15.9 Å². The van der Waals surface area contributed by atoms with Crippen LogP contribution < -0.4 is 0 Å². The van der Waals surface area contributed by atoms with Gasteiger partial charge in [0.2, 0.25) is 5.91 Å². The van der Waals surface area contributed by atoms with Crippen molar-refractivity contribution in [2.24, 2.45) is 0 Å². The van der Waals surface area contributed by atoms with Gasteiger partial charge in [-0.3, -0.25) is 19.3 Å². The first-order valence-electron chi connectivity index (χ1n) is 8.82. The summed E-state index contributed by atoms with van der Waals surface area (Å²) < 4.78 is 13.7. The van der Waals surface area contributed by atoms with Gasteiger partial charge in [0.1, 0.15) is 5.82 Å². The second kappa shape index (κ2) is 7.70. The van der Waals surface area contributed by atoms with Crippen molar-refractivity contribution in [3.05, 3.63) is 70.5 Å². The third kappa shape index (κ3) is 3.89. The molecule has 1 aliphatic heterocycles. The van der Waals surface area contributed by atoms with Gasteiger partial charge in [-0.25, -0.2) is 4.39 Å². The van der Waals surface area contributed by atoms with E-state index in [0.29, 0.717) is 23.1 Å². The van der Waals surface area contributed by atoms with Crippen molar-refractivity contribution in [2.45, 2.75) is 26.3 Å². The third-order valence-corrected chi connectivity index (χ3v) is 4.69.